The zero-order valence-corrected chi connectivity index (χ0v) is 11.0. The topological polar surface area (TPSA) is 40.7 Å². The first-order chi connectivity index (χ1) is 8.08. The maximum absolute atomic E-state index is 6.08. The Balaban J connectivity index is 2.10. The number of nitrogens with one attached hydrogen (secondary N) is 2. The molecular weight excluding hydrogens is 234 g/mol. The summed E-state index contributed by atoms with van der Waals surface area (Å²) in [5.74, 6) is 0. The second-order valence-electron chi connectivity index (χ2n) is 4.23. The van der Waals surface area contributed by atoms with E-state index in [4.69, 9.17) is 11.6 Å². The molecule has 0 radical (unpaired) electrons. The number of anilines is 1. The van der Waals surface area contributed by atoms with Gasteiger partial charge in [-0.2, -0.15) is 5.10 Å². The molecule has 0 atom stereocenters. The van der Waals surface area contributed by atoms with Crippen molar-refractivity contribution in [2.45, 2.75) is 27.3 Å². The van der Waals surface area contributed by atoms with Crippen LogP contribution in [0, 0.1) is 20.8 Å². The van der Waals surface area contributed by atoms with E-state index >= 15 is 0 Å². The van der Waals surface area contributed by atoms with Crippen molar-refractivity contribution in [3.05, 3.63) is 45.7 Å². The van der Waals surface area contributed by atoms with Crippen LogP contribution in [-0.4, -0.2) is 10.2 Å². The van der Waals surface area contributed by atoms with Crippen LogP contribution in [0.4, 0.5) is 5.69 Å². The fraction of sp³-hybridized carbons (Fsp3) is 0.308. The Morgan fingerprint density at radius 3 is 2.65 bits per heavy atom. The molecule has 0 bridgehead atoms. The maximum atomic E-state index is 6.08. The highest BCUT2D eigenvalue weighted by Crippen LogP contribution is 2.21. The smallest absolute Gasteiger partial charge is 0.0643 e. The Morgan fingerprint density at radius 2 is 2.06 bits per heavy atom. The van der Waals surface area contributed by atoms with E-state index in [-0.39, 0.29) is 0 Å². The van der Waals surface area contributed by atoms with Gasteiger partial charge in [0, 0.05) is 28.5 Å². The van der Waals surface area contributed by atoms with Gasteiger partial charge in [-0.3, -0.25) is 5.10 Å². The van der Waals surface area contributed by atoms with Gasteiger partial charge >= 0.3 is 0 Å². The number of benzene rings is 1. The summed E-state index contributed by atoms with van der Waals surface area (Å²) in [5.41, 5.74) is 5.47. The fourth-order valence-corrected chi connectivity index (χ4v) is 1.91. The van der Waals surface area contributed by atoms with Crippen molar-refractivity contribution in [1.29, 1.82) is 0 Å². The molecule has 90 valence electrons. The van der Waals surface area contributed by atoms with E-state index in [0.29, 0.717) is 0 Å². The number of nitrogens with zero attached hydrogens (tertiary/aromatic N) is 1. The summed E-state index contributed by atoms with van der Waals surface area (Å²) in [6.45, 7) is 6.78. The van der Waals surface area contributed by atoms with E-state index in [1.807, 2.05) is 39.0 Å². The van der Waals surface area contributed by atoms with Gasteiger partial charge in [0.1, 0.15) is 0 Å². The zero-order valence-electron chi connectivity index (χ0n) is 10.3. The number of H-pyrrole nitrogens is 1. The van der Waals surface area contributed by atoms with Crippen LogP contribution in [-0.2, 0) is 6.54 Å². The average Bonchev–Trinajstić information content (AvgIpc) is 2.61. The molecule has 0 saturated carbocycles. The average molecular weight is 250 g/mol. The molecule has 2 rings (SSSR count). The van der Waals surface area contributed by atoms with Crippen molar-refractivity contribution in [1.82, 2.24) is 10.2 Å². The summed E-state index contributed by atoms with van der Waals surface area (Å²) in [4.78, 5) is 0. The third-order valence-electron chi connectivity index (χ3n) is 2.92. The number of aromatic amines is 1. The van der Waals surface area contributed by atoms with Crippen molar-refractivity contribution >= 4 is 17.3 Å². The van der Waals surface area contributed by atoms with Gasteiger partial charge < -0.3 is 5.32 Å². The van der Waals surface area contributed by atoms with E-state index in [2.05, 4.69) is 15.5 Å². The molecule has 2 N–H and O–H groups in total. The number of hydrogen-bond donors (Lipinski definition) is 2. The molecular formula is C13H16ClN3. The van der Waals surface area contributed by atoms with E-state index in [9.17, 15) is 0 Å². The van der Waals surface area contributed by atoms with Gasteiger partial charge in [0.25, 0.3) is 0 Å². The van der Waals surface area contributed by atoms with Crippen LogP contribution >= 0.6 is 11.6 Å². The second-order valence-corrected chi connectivity index (χ2v) is 4.64. The SMILES string of the molecule is Cc1ccc(NCc2c(C)n[nH]c2C)cc1Cl. The highest BCUT2D eigenvalue weighted by Gasteiger charge is 2.05. The lowest BCUT2D eigenvalue weighted by Crippen LogP contribution is -2.01. The normalized spacial score (nSPS) is 10.6. The van der Waals surface area contributed by atoms with E-state index in [1.54, 1.807) is 0 Å². The third kappa shape index (κ3) is 2.61. The summed E-state index contributed by atoms with van der Waals surface area (Å²) < 4.78 is 0. The Hall–Kier alpha value is -1.48. The van der Waals surface area contributed by atoms with Crippen LogP contribution in [0.1, 0.15) is 22.5 Å². The molecule has 0 spiro atoms. The van der Waals surface area contributed by atoms with Crippen molar-refractivity contribution in [3.8, 4) is 0 Å². The predicted octanol–water partition coefficient (Wildman–Crippen LogP) is 3.60. The van der Waals surface area contributed by atoms with Gasteiger partial charge in [-0.1, -0.05) is 17.7 Å². The van der Waals surface area contributed by atoms with Crippen molar-refractivity contribution < 1.29 is 0 Å². The standard InChI is InChI=1S/C13H16ClN3/c1-8-4-5-11(6-13(8)14)15-7-12-9(2)16-17-10(12)3/h4-6,15H,7H2,1-3H3,(H,16,17). The molecule has 1 aromatic carbocycles. The Morgan fingerprint density at radius 1 is 1.29 bits per heavy atom. The van der Waals surface area contributed by atoms with Gasteiger partial charge in [-0.25, -0.2) is 0 Å². The first-order valence-corrected chi connectivity index (χ1v) is 5.96. The Labute approximate surface area is 106 Å². The van der Waals surface area contributed by atoms with Crippen molar-refractivity contribution in [2.24, 2.45) is 0 Å². The van der Waals surface area contributed by atoms with E-state index in [1.165, 1.54) is 5.56 Å². The van der Waals surface area contributed by atoms with Crippen LogP contribution in [0.3, 0.4) is 0 Å². The van der Waals surface area contributed by atoms with Crippen LogP contribution in [0.5, 0.6) is 0 Å². The van der Waals surface area contributed by atoms with Crippen molar-refractivity contribution in [3.63, 3.8) is 0 Å². The molecule has 0 aliphatic rings. The highest BCUT2D eigenvalue weighted by atomic mass is 35.5. The molecule has 0 amide bonds. The van der Waals surface area contributed by atoms with Crippen LogP contribution in [0.25, 0.3) is 0 Å². The number of halogens is 1. The molecule has 1 heterocycles. The summed E-state index contributed by atoms with van der Waals surface area (Å²) >= 11 is 6.08. The zero-order chi connectivity index (χ0) is 12.4. The lowest BCUT2D eigenvalue weighted by atomic mass is 10.2. The Bertz CT molecular complexity index is 512. The Kier molecular flexibility index (Phi) is 3.38. The molecule has 0 saturated heterocycles. The minimum Gasteiger partial charge on any atom is -0.381 e. The fourth-order valence-electron chi connectivity index (χ4n) is 1.73. The van der Waals surface area contributed by atoms with Gasteiger partial charge in [0.05, 0.1) is 5.69 Å². The van der Waals surface area contributed by atoms with Crippen molar-refractivity contribution in [2.75, 3.05) is 5.32 Å². The van der Waals surface area contributed by atoms with Gasteiger partial charge in [0.15, 0.2) is 0 Å². The number of rotatable bonds is 3. The molecule has 0 aliphatic heterocycles. The van der Waals surface area contributed by atoms with E-state index in [0.717, 1.165) is 34.2 Å². The van der Waals surface area contributed by atoms with E-state index < -0.39 is 0 Å². The first kappa shape index (κ1) is 12.0. The van der Waals surface area contributed by atoms with Gasteiger partial charge in [-0.15, -0.1) is 0 Å². The minimum absolute atomic E-state index is 0.757. The van der Waals surface area contributed by atoms with Gasteiger partial charge in [0.2, 0.25) is 0 Å². The largest absolute Gasteiger partial charge is 0.381 e. The molecule has 3 nitrogen and oxygen atoms in total. The molecule has 4 heteroatoms. The highest BCUT2D eigenvalue weighted by molar-refractivity contribution is 6.31. The minimum atomic E-state index is 0.757. The number of aromatic nitrogens is 2. The number of hydrogen-bond acceptors (Lipinski definition) is 2. The summed E-state index contributed by atoms with van der Waals surface area (Å²) in [7, 11) is 0. The first-order valence-electron chi connectivity index (χ1n) is 5.58. The monoisotopic (exact) mass is 249 g/mol. The molecule has 17 heavy (non-hydrogen) atoms. The quantitative estimate of drug-likeness (QED) is 0.873. The number of aryl methyl sites for hydroxylation is 3. The molecule has 1 aromatic heterocycles. The van der Waals surface area contributed by atoms with Gasteiger partial charge in [-0.05, 0) is 38.5 Å². The maximum Gasteiger partial charge on any atom is 0.0643 e. The second kappa shape index (κ2) is 4.80. The summed E-state index contributed by atoms with van der Waals surface area (Å²) in [5, 5.41) is 11.3. The summed E-state index contributed by atoms with van der Waals surface area (Å²) in [6.07, 6.45) is 0. The molecule has 0 fully saturated rings. The van der Waals surface area contributed by atoms with Crippen LogP contribution < -0.4 is 5.32 Å². The molecule has 2 aromatic rings. The summed E-state index contributed by atoms with van der Waals surface area (Å²) in [6, 6.07) is 5.99. The third-order valence-corrected chi connectivity index (χ3v) is 3.33. The lowest BCUT2D eigenvalue weighted by Gasteiger charge is -2.08. The molecule has 0 aliphatic carbocycles. The predicted molar refractivity (Wildman–Crippen MR) is 71.6 cm³/mol. The van der Waals surface area contributed by atoms with Crippen LogP contribution in [0.2, 0.25) is 5.02 Å². The lowest BCUT2D eigenvalue weighted by molar-refractivity contribution is 1.02. The molecule has 0 unspecified atom stereocenters. The van der Waals surface area contributed by atoms with Crippen LogP contribution in [0.15, 0.2) is 18.2 Å².